The lowest BCUT2D eigenvalue weighted by molar-refractivity contribution is -0.524. The molecule has 37 heavy (non-hydrogen) atoms. The quantitative estimate of drug-likeness (QED) is 0.292. The number of fused-ring (bicyclic) bond motifs is 1. The van der Waals surface area contributed by atoms with Gasteiger partial charge in [0.2, 0.25) is 0 Å². The molecule has 8 heteroatoms. The van der Waals surface area contributed by atoms with Gasteiger partial charge in [0.25, 0.3) is 5.91 Å². The summed E-state index contributed by atoms with van der Waals surface area (Å²) in [6.45, 7) is 0. The Bertz CT molecular complexity index is 1580. The topological polar surface area (TPSA) is 107 Å². The van der Waals surface area contributed by atoms with E-state index in [1.807, 2.05) is 103 Å². The lowest BCUT2D eigenvalue weighted by Crippen LogP contribution is -2.76. The molecule has 0 unspecified atom stereocenters. The molecule has 1 aliphatic heterocycles. The van der Waals surface area contributed by atoms with Crippen molar-refractivity contribution >= 4 is 51.7 Å². The Morgan fingerprint density at radius 3 is 2.43 bits per heavy atom. The number of nitrogens with one attached hydrogen (secondary N) is 3. The maximum absolute atomic E-state index is 12.9. The number of carbonyl (C=O) groups excluding carboxylic acids is 2. The summed E-state index contributed by atoms with van der Waals surface area (Å²) < 4.78 is 2.01. The number of amides is 2. The van der Waals surface area contributed by atoms with Crippen LogP contribution in [0.4, 0.5) is 22.7 Å². The van der Waals surface area contributed by atoms with Crippen LogP contribution >= 0.6 is 0 Å². The minimum Gasteiger partial charge on any atom is -0.351 e. The van der Waals surface area contributed by atoms with E-state index in [1.165, 1.54) is 6.21 Å². The van der Waals surface area contributed by atoms with Crippen LogP contribution in [0.5, 0.6) is 0 Å². The molecule has 184 valence electrons. The van der Waals surface area contributed by atoms with Gasteiger partial charge in [0, 0.05) is 77.4 Å². The fraction of sp³-hybridized carbons (Fsp3) is 0.0690. The Morgan fingerprint density at radius 1 is 0.946 bits per heavy atom. The zero-order valence-corrected chi connectivity index (χ0v) is 20.5. The molecule has 1 aromatic heterocycles. The van der Waals surface area contributed by atoms with Gasteiger partial charge in [-0.2, -0.15) is 0 Å². The molecule has 4 aromatic rings. The Hall–Kier alpha value is -4.95. The van der Waals surface area contributed by atoms with E-state index in [2.05, 4.69) is 10.6 Å². The third-order valence-electron chi connectivity index (χ3n) is 6.39. The normalized spacial score (nSPS) is 12.3. The summed E-state index contributed by atoms with van der Waals surface area (Å²) >= 11 is 0. The molecule has 0 spiro atoms. The number of aromatic nitrogens is 1. The van der Waals surface area contributed by atoms with Gasteiger partial charge in [-0.25, -0.2) is 0 Å². The summed E-state index contributed by atoms with van der Waals surface area (Å²) in [6.07, 6.45) is 8.66. The molecule has 3 aromatic carbocycles. The first-order valence-corrected chi connectivity index (χ1v) is 11.8. The number of hydrogen-bond acceptors (Lipinski definition) is 4. The Labute approximate surface area is 214 Å². The van der Waals surface area contributed by atoms with E-state index in [0.717, 1.165) is 22.3 Å². The second kappa shape index (κ2) is 9.96. The van der Waals surface area contributed by atoms with Crippen LogP contribution in [0.1, 0.15) is 15.9 Å². The number of aryl methyl sites for hydroxylation is 1. The summed E-state index contributed by atoms with van der Waals surface area (Å²) in [5.74, 6) is -0.360. The Kier molecular flexibility index (Phi) is 6.40. The van der Waals surface area contributed by atoms with Crippen LogP contribution in [-0.4, -0.2) is 29.6 Å². The zero-order valence-electron chi connectivity index (χ0n) is 20.5. The van der Waals surface area contributed by atoms with Crippen molar-refractivity contribution < 1.29 is 14.9 Å². The minimum absolute atomic E-state index is 0.154. The van der Waals surface area contributed by atoms with Gasteiger partial charge in [0.05, 0.1) is 6.20 Å². The van der Waals surface area contributed by atoms with E-state index in [9.17, 15) is 9.59 Å². The molecule has 5 rings (SSSR count). The number of hydrogen-bond donors (Lipinski definition) is 4. The van der Waals surface area contributed by atoms with Gasteiger partial charge in [-0.1, -0.05) is 0 Å². The summed E-state index contributed by atoms with van der Waals surface area (Å²) in [7, 11) is 3.88. The number of carbonyl (C=O) groups is 2. The van der Waals surface area contributed by atoms with Crippen LogP contribution in [0.2, 0.25) is 0 Å². The molecule has 0 bridgehead atoms. The highest BCUT2D eigenvalue weighted by atomic mass is 16.2. The van der Waals surface area contributed by atoms with Crippen molar-refractivity contribution in [2.45, 2.75) is 0 Å². The number of allylic oxidation sites excluding steroid dienone is 2. The van der Waals surface area contributed by atoms with Crippen LogP contribution in [0, 0.1) is 5.41 Å². The number of rotatable bonds is 7. The van der Waals surface area contributed by atoms with Crippen molar-refractivity contribution in [1.29, 1.82) is 5.41 Å². The summed E-state index contributed by atoms with van der Waals surface area (Å²) in [4.78, 5) is 27.1. The maximum atomic E-state index is 12.9. The number of nitrogens with two attached hydrogens (primary N) is 1. The van der Waals surface area contributed by atoms with Crippen LogP contribution < -0.4 is 20.9 Å². The molecule has 0 fully saturated rings. The standard InChI is InChI=1S/C29H26N6O2/c1-34-15-13-19-16-20(5-11-26(19)34)28(36)33-23-8-12-27(21(17-23)18-30)35(2)24-9-6-22(7-10-24)32-29(37)25-4-3-14-31-25/h3-18,30-31H,1-2H3,(H,32,37)(H,33,36)/p+1. The van der Waals surface area contributed by atoms with Crippen molar-refractivity contribution in [2.75, 3.05) is 22.6 Å². The van der Waals surface area contributed by atoms with Gasteiger partial charge in [-0.3, -0.25) is 14.9 Å². The van der Waals surface area contributed by atoms with Gasteiger partial charge < -0.3 is 25.5 Å². The lowest BCUT2D eigenvalue weighted by Gasteiger charge is -2.22. The Balaban J connectivity index is 1.29. The van der Waals surface area contributed by atoms with E-state index in [4.69, 9.17) is 5.41 Å². The van der Waals surface area contributed by atoms with Crippen molar-refractivity contribution in [2.24, 2.45) is 7.05 Å². The van der Waals surface area contributed by atoms with Gasteiger partial charge in [0.1, 0.15) is 0 Å². The first-order chi connectivity index (χ1) is 17.9. The van der Waals surface area contributed by atoms with E-state index in [1.54, 1.807) is 17.5 Å². The van der Waals surface area contributed by atoms with Crippen molar-refractivity contribution in [3.05, 3.63) is 108 Å². The molecule has 2 heterocycles. The van der Waals surface area contributed by atoms with E-state index >= 15 is 0 Å². The molecule has 0 atom stereocenters. The molecule has 0 saturated carbocycles. The predicted octanol–water partition coefficient (Wildman–Crippen LogP) is 4.11. The first-order valence-electron chi connectivity index (χ1n) is 11.8. The number of quaternary nitrogens is 1. The van der Waals surface area contributed by atoms with Gasteiger partial charge in [0.15, 0.2) is 5.70 Å². The van der Waals surface area contributed by atoms with Crippen molar-refractivity contribution in [3.8, 4) is 0 Å². The van der Waals surface area contributed by atoms with E-state index in [-0.39, 0.29) is 11.8 Å². The summed E-state index contributed by atoms with van der Waals surface area (Å²) in [5, 5.41) is 16.5. The second-order valence-electron chi connectivity index (χ2n) is 8.81. The molecule has 1 aliphatic rings. The first kappa shape index (κ1) is 23.8. The Morgan fingerprint density at radius 2 is 1.70 bits per heavy atom. The summed E-state index contributed by atoms with van der Waals surface area (Å²) in [6, 6.07) is 20.6. The number of nitrogens with zero attached hydrogens (tertiary/aromatic N) is 2. The average molecular weight is 492 g/mol. The third kappa shape index (κ3) is 4.91. The van der Waals surface area contributed by atoms with Crippen molar-refractivity contribution in [3.63, 3.8) is 0 Å². The van der Waals surface area contributed by atoms with Crippen LogP contribution in [0.25, 0.3) is 10.9 Å². The molecule has 5 N–H and O–H groups in total. The highest BCUT2D eigenvalue weighted by Gasteiger charge is 2.16. The molecule has 2 amide bonds. The fourth-order valence-corrected chi connectivity index (χ4v) is 4.32. The van der Waals surface area contributed by atoms with Crippen LogP contribution in [-0.2, 0) is 11.8 Å². The molecule has 0 aliphatic carbocycles. The lowest BCUT2D eigenvalue weighted by atomic mass is 10.1. The number of anilines is 4. The summed E-state index contributed by atoms with van der Waals surface area (Å²) in [5.41, 5.74) is 5.92. The second-order valence-corrected chi connectivity index (χ2v) is 8.81. The minimum atomic E-state index is -0.206. The zero-order chi connectivity index (χ0) is 25.9. The highest BCUT2D eigenvalue weighted by Crippen LogP contribution is 2.29. The van der Waals surface area contributed by atoms with Crippen LogP contribution in [0.15, 0.2) is 97.0 Å². The van der Waals surface area contributed by atoms with E-state index < -0.39 is 0 Å². The molecule has 0 saturated heterocycles. The molecular formula is C29H27N6O2+. The largest absolute Gasteiger partial charge is 0.351 e. The predicted molar refractivity (Wildman–Crippen MR) is 147 cm³/mol. The van der Waals surface area contributed by atoms with E-state index in [0.29, 0.717) is 28.2 Å². The highest BCUT2D eigenvalue weighted by molar-refractivity contribution is 6.07. The molecule has 8 nitrogen and oxygen atoms in total. The SMILES string of the molecule is CN(c1ccc(NC(=O)C2=CC=C[NH2+]2)cc1)c1ccc(NC(=O)c2ccc3c(ccn3C)c2)cc1C=N. The monoisotopic (exact) mass is 491 g/mol. The van der Waals surface area contributed by atoms with Gasteiger partial charge in [-0.05, 0) is 72.8 Å². The van der Waals surface area contributed by atoms with Crippen LogP contribution in [0.3, 0.4) is 0 Å². The average Bonchev–Trinajstić information content (AvgIpc) is 3.59. The van der Waals surface area contributed by atoms with Crippen molar-refractivity contribution in [1.82, 2.24) is 4.57 Å². The van der Waals surface area contributed by atoms with Gasteiger partial charge >= 0.3 is 5.91 Å². The fourth-order valence-electron chi connectivity index (χ4n) is 4.32. The molecular weight excluding hydrogens is 464 g/mol. The maximum Gasteiger partial charge on any atom is 0.309 e. The molecule has 0 radical (unpaired) electrons. The number of benzene rings is 3. The smallest absolute Gasteiger partial charge is 0.309 e. The van der Waals surface area contributed by atoms with Gasteiger partial charge in [-0.15, -0.1) is 0 Å². The third-order valence-corrected chi connectivity index (χ3v) is 6.39.